The zero-order chi connectivity index (χ0) is 75.0. The Kier molecular flexibility index (Phi) is 23.6. The van der Waals surface area contributed by atoms with Crippen molar-refractivity contribution in [2.75, 3.05) is 33.0 Å². The molecule has 4 saturated carbocycles. The fourth-order valence-electron chi connectivity index (χ4n) is 19.9. The number of aliphatic hydroxyl groups excluding tert-OH is 19. The number of hydrogen-bond donors (Lipinski definition) is 19. The van der Waals surface area contributed by atoms with Gasteiger partial charge in [0.15, 0.2) is 43.8 Å². The van der Waals surface area contributed by atoms with E-state index in [4.69, 9.17) is 66.3 Å². The summed E-state index contributed by atoms with van der Waals surface area (Å²) in [4.78, 5) is 16.0. The smallest absolute Gasteiger partial charge is 0.317 e. The minimum Gasteiger partial charge on any atom is -0.432 e. The van der Waals surface area contributed by atoms with Crippen LogP contribution in [-0.4, -0.2) is 345 Å². The Morgan fingerprint density at radius 2 is 0.951 bits per heavy atom. The Bertz CT molecular complexity index is 2930. The predicted octanol–water partition coefficient (Wildman–Crippen LogP) is -5.62. The maximum Gasteiger partial charge on any atom is 0.317 e. The minimum atomic E-state index is -2.11. The number of fused-ring (bicyclic) bond motifs is 7. The lowest BCUT2D eigenvalue weighted by Gasteiger charge is -2.71. The van der Waals surface area contributed by atoms with Gasteiger partial charge >= 0.3 is 5.97 Å². The van der Waals surface area contributed by atoms with E-state index in [1.807, 2.05) is 0 Å². The number of allylic oxidation sites excluding steroid dienone is 2. The Labute approximate surface area is 596 Å². The summed E-state index contributed by atoms with van der Waals surface area (Å²) < 4.78 is 83.1. The number of carbonyl (C=O) groups excluding carboxylic acids is 1. The molecule has 0 bridgehead atoms. The van der Waals surface area contributed by atoms with Crippen molar-refractivity contribution >= 4 is 5.97 Å². The number of hydrogen-bond acceptors (Lipinski definition) is 34. The largest absolute Gasteiger partial charge is 0.432 e. The molecule has 592 valence electrons. The normalized spacial score (nSPS) is 55.1. The van der Waals surface area contributed by atoms with Crippen LogP contribution in [0.2, 0.25) is 0 Å². The third kappa shape index (κ3) is 14.2. The highest BCUT2D eigenvalue weighted by atomic mass is 16.8. The molecule has 0 aromatic rings. The van der Waals surface area contributed by atoms with Crippen LogP contribution >= 0.6 is 0 Å². The summed E-state index contributed by atoms with van der Waals surface area (Å²) >= 11 is 0. The van der Waals surface area contributed by atoms with Crippen molar-refractivity contribution in [2.45, 2.75) is 329 Å². The van der Waals surface area contributed by atoms with Gasteiger partial charge in [-0.15, -0.1) is 0 Å². The quantitative estimate of drug-likeness (QED) is 0.0389. The zero-order valence-corrected chi connectivity index (χ0v) is 59.5. The molecular weight excluding hydrogens is 1370 g/mol. The van der Waals surface area contributed by atoms with E-state index in [-0.39, 0.29) is 42.1 Å². The molecule has 12 rings (SSSR count). The van der Waals surface area contributed by atoms with Crippen LogP contribution in [-0.2, 0) is 71.1 Å². The molecule has 0 aromatic carbocycles. The van der Waals surface area contributed by atoms with Crippen molar-refractivity contribution in [3.8, 4) is 0 Å². The van der Waals surface area contributed by atoms with Crippen LogP contribution in [0.1, 0.15) is 120 Å². The third-order valence-corrected chi connectivity index (χ3v) is 26.5. The van der Waals surface area contributed by atoms with Gasteiger partial charge in [0.05, 0.1) is 57.5 Å². The second-order valence-corrected chi connectivity index (χ2v) is 33.5. The van der Waals surface area contributed by atoms with Gasteiger partial charge in [0.2, 0.25) is 6.29 Å². The molecule has 34 heteroatoms. The fourth-order valence-corrected chi connectivity index (χ4v) is 19.9. The van der Waals surface area contributed by atoms with Crippen molar-refractivity contribution in [1.29, 1.82) is 0 Å². The standard InChI is InChI=1S/C69H112O34/c1-25-38(74)43(79)49(85)57(95-25)94-24-33-42(78)45(81)55(102-60-51(87)46(82)53(26(2)96-60)100-59-52(88)54(31(72)22-92-59)101-58-48(84)40(76)30(71)21-91-58)62(98-33)103-63(89)69-17-16-64(3,4)18-28(69)27-10-11-35-66(7)14-13-37(65(5,6)34(66)12-15-67(35,8)68(27,9)19-36(69)73)99-61-50(86)44(80)41(77)32(97-61)23-93-56-47(83)39(75)29(70)20-90-56/h10,25-26,28-62,70-88H,11-24H2,1-9H3/t25-,26-,28-,29-,30-,31-,32-,33-,34-,35-,36-,37-,38-,39+,40+,41-,42-,43+,44+,45+,46-,47-,48-,49-,50-,51-,52-,53-,54+,55-,56+,57-,58+,59+,60+,61+,62+,66+,67-,68+,69-/m0/s1. The zero-order valence-electron chi connectivity index (χ0n) is 59.5. The van der Waals surface area contributed by atoms with E-state index in [1.54, 1.807) is 0 Å². The average molecular weight is 1490 g/mol. The van der Waals surface area contributed by atoms with E-state index in [0.29, 0.717) is 44.9 Å². The van der Waals surface area contributed by atoms with Gasteiger partial charge in [-0.3, -0.25) is 4.79 Å². The second kappa shape index (κ2) is 30.2. The number of ether oxygens (including phenoxy) is 14. The first-order valence-corrected chi connectivity index (χ1v) is 36.4. The van der Waals surface area contributed by atoms with E-state index < -0.39 is 269 Å². The molecule has 5 aliphatic carbocycles. The predicted molar refractivity (Wildman–Crippen MR) is 341 cm³/mol. The summed E-state index contributed by atoms with van der Waals surface area (Å²) in [5.41, 5.74) is -3.25. The third-order valence-electron chi connectivity index (χ3n) is 26.5. The van der Waals surface area contributed by atoms with Crippen LogP contribution in [0.3, 0.4) is 0 Å². The van der Waals surface area contributed by atoms with E-state index in [2.05, 4.69) is 54.5 Å². The lowest BCUT2D eigenvalue weighted by Crippen LogP contribution is -2.69. The molecule has 0 spiro atoms. The van der Waals surface area contributed by atoms with E-state index in [1.165, 1.54) is 13.8 Å². The van der Waals surface area contributed by atoms with Crippen LogP contribution in [0, 0.1) is 50.2 Å². The van der Waals surface area contributed by atoms with Crippen LogP contribution in [0.15, 0.2) is 11.6 Å². The van der Waals surface area contributed by atoms with Crippen molar-refractivity contribution in [2.24, 2.45) is 50.2 Å². The van der Waals surface area contributed by atoms with Gasteiger partial charge < -0.3 is 163 Å². The van der Waals surface area contributed by atoms with Crippen molar-refractivity contribution in [1.82, 2.24) is 0 Å². The topological polar surface area (TPSA) is 531 Å². The van der Waals surface area contributed by atoms with Gasteiger partial charge in [-0.1, -0.05) is 60.1 Å². The summed E-state index contributed by atoms with van der Waals surface area (Å²) in [6, 6.07) is 0. The average Bonchev–Trinajstić information content (AvgIpc) is 0.671. The molecule has 0 aromatic heterocycles. The molecule has 7 saturated heterocycles. The van der Waals surface area contributed by atoms with Crippen LogP contribution in [0.25, 0.3) is 0 Å². The molecule has 0 unspecified atom stereocenters. The highest BCUT2D eigenvalue weighted by Crippen LogP contribution is 2.76. The summed E-state index contributed by atoms with van der Waals surface area (Å²) in [6.45, 7) is 15.5. The van der Waals surface area contributed by atoms with Gasteiger partial charge in [-0.2, -0.15) is 0 Å². The van der Waals surface area contributed by atoms with Crippen LogP contribution < -0.4 is 0 Å². The highest BCUT2D eigenvalue weighted by Gasteiger charge is 2.73. The monoisotopic (exact) mass is 1480 g/mol. The van der Waals surface area contributed by atoms with E-state index >= 15 is 4.79 Å². The summed E-state index contributed by atoms with van der Waals surface area (Å²) in [6.07, 6.45) is -48.7. The van der Waals surface area contributed by atoms with Gasteiger partial charge in [-0.05, 0) is 116 Å². The first-order valence-electron chi connectivity index (χ1n) is 36.4. The molecule has 34 nitrogen and oxygen atoms in total. The molecular formula is C69H112O34. The number of esters is 1. The first-order chi connectivity index (χ1) is 48.2. The van der Waals surface area contributed by atoms with Gasteiger partial charge in [0, 0.05) is 0 Å². The fraction of sp³-hybridized carbons (Fsp3) is 0.957. The Morgan fingerprint density at radius 3 is 1.61 bits per heavy atom. The Hall–Kier alpha value is -2.07. The van der Waals surface area contributed by atoms with Crippen molar-refractivity contribution in [3.63, 3.8) is 0 Å². The van der Waals surface area contributed by atoms with Crippen molar-refractivity contribution < 1.29 is 168 Å². The molecule has 0 radical (unpaired) electrons. The molecule has 103 heavy (non-hydrogen) atoms. The minimum absolute atomic E-state index is 0.0110. The number of aliphatic hydroxyl groups is 19. The second-order valence-electron chi connectivity index (χ2n) is 33.5. The molecule has 11 fully saturated rings. The van der Waals surface area contributed by atoms with Gasteiger partial charge in [-0.25, -0.2) is 0 Å². The van der Waals surface area contributed by atoms with E-state index in [9.17, 15) is 97.0 Å². The molecule has 7 heterocycles. The van der Waals surface area contributed by atoms with E-state index in [0.717, 1.165) is 5.57 Å². The SMILES string of the molecule is C[C@@H]1O[C@H](OC[C@@H]2O[C@H](OC(=O)[C@@]34CCC(C)(C)C[C@H]3C3=CC[C@H]5[C@]6(C)CC[C@H](O[C@H]7O[C@@H](CO[C@H]8OC[C@H](O)[C@@H](O)[C@@H]8O)[C@H](O)[C@@H](O)[C@@H]7O)C(C)(C)[C@@H]6CC[C@]5(C)[C@]3(C)C[C@@H]4O)[C@@H](O[C@H]3O[C@@H](C)[C@H](O[C@H]4OC[C@H](O)[C@@H](O[C@H]5OC[C@H](O)[C@@H](O)[C@@H]5O)[C@@H]4O)[C@@H](O)[C@@H]3O)[C@H](O)[C@H]2O)[C@@H](O)[C@H](O)[C@H]1O. The van der Waals surface area contributed by atoms with Crippen LogP contribution in [0.4, 0.5) is 0 Å². The molecule has 7 aliphatic heterocycles. The summed E-state index contributed by atoms with van der Waals surface area (Å²) in [5, 5.41) is 210. The number of rotatable bonds is 16. The first kappa shape index (κ1) is 80.4. The Balaban J connectivity index is 0.775. The number of carbonyl (C=O) groups is 1. The van der Waals surface area contributed by atoms with Crippen LogP contribution in [0.5, 0.6) is 0 Å². The van der Waals surface area contributed by atoms with Crippen molar-refractivity contribution in [3.05, 3.63) is 11.6 Å². The highest BCUT2D eigenvalue weighted by molar-refractivity contribution is 5.80. The molecule has 12 aliphatic rings. The Morgan fingerprint density at radius 1 is 0.447 bits per heavy atom. The van der Waals surface area contributed by atoms with Gasteiger partial charge in [0.1, 0.15) is 140 Å². The molecule has 41 atom stereocenters. The summed E-state index contributed by atoms with van der Waals surface area (Å²) in [7, 11) is 0. The lowest BCUT2D eigenvalue weighted by atomic mass is 9.33. The van der Waals surface area contributed by atoms with Gasteiger partial charge in [0.25, 0.3) is 0 Å². The molecule has 0 amide bonds. The molecule has 19 N–H and O–H groups in total. The maximum absolute atomic E-state index is 16.0. The lowest BCUT2D eigenvalue weighted by molar-refractivity contribution is -0.381. The summed E-state index contributed by atoms with van der Waals surface area (Å²) in [5.74, 6) is -1.57. The maximum atomic E-state index is 16.0.